The number of halogens is 3. The molecular weight excluding hydrogens is 257 g/mol. The van der Waals surface area contributed by atoms with Gasteiger partial charge in [0.15, 0.2) is 0 Å². The molecule has 0 amide bonds. The second kappa shape index (κ2) is 5.61. The minimum absolute atomic E-state index is 0.0563. The summed E-state index contributed by atoms with van der Waals surface area (Å²) in [4.78, 5) is 4.35. The van der Waals surface area contributed by atoms with Crippen LogP contribution in [0.15, 0.2) is 29.3 Å². The number of benzene rings is 1. The lowest BCUT2D eigenvalue weighted by Gasteiger charge is -2.07. The Labute approximate surface area is 109 Å². The maximum atomic E-state index is 12.4. The molecule has 1 unspecified atom stereocenters. The van der Waals surface area contributed by atoms with E-state index in [1.165, 1.54) is 12.1 Å². The summed E-state index contributed by atoms with van der Waals surface area (Å²) < 4.78 is 42.7. The molecular formula is C13H15F3N2O. The summed E-state index contributed by atoms with van der Waals surface area (Å²) in [5.41, 5.74) is 5.31. The van der Waals surface area contributed by atoms with Gasteiger partial charge in [-0.2, -0.15) is 13.2 Å². The molecule has 2 N–H and O–H groups in total. The molecule has 0 fully saturated rings. The molecule has 1 aliphatic heterocycles. The van der Waals surface area contributed by atoms with Gasteiger partial charge in [0, 0.05) is 5.56 Å². The third-order valence-electron chi connectivity index (χ3n) is 2.91. The zero-order valence-electron chi connectivity index (χ0n) is 10.3. The highest BCUT2D eigenvalue weighted by molar-refractivity contribution is 5.95. The minimum atomic E-state index is -4.32. The van der Waals surface area contributed by atoms with E-state index in [-0.39, 0.29) is 6.04 Å². The van der Waals surface area contributed by atoms with Crippen LogP contribution in [0.5, 0.6) is 0 Å². The van der Waals surface area contributed by atoms with Crippen molar-refractivity contribution in [1.82, 2.24) is 0 Å². The lowest BCUT2D eigenvalue weighted by atomic mass is 10.1. The minimum Gasteiger partial charge on any atom is -0.475 e. The number of ether oxygens (including phenoxy) is 1. The van der Waals surface area contributed by atoms with Gasteiger partial charge in [-0.05, 0) is 43.7 Å². The van der Waals surface area contributed by atoms with Gasteiger partial charge in [0.1, 0.15) is 6.61 Å². The molecule has 104 valence electrons. The van der Waals surface area contributed by atoms with Crippen molar-refractivity contribution >= 4 is 5.90 Å². The molecule has 0 spiro atoms. The predicted molar refractivity (Wildman–Crippen MR) is 66.0 cm³/mol. The molecule has 1 heterocycles. The topological polar surface area (TPSA) is 47.6 Å². The van der Waals surface area contributed by atoms with Crippen LogP contribution in [0.25, 0.3) is 0 Å². The molecule has 0 aliphatic carbocycles. The molecule has 3 nitrogen and oxygen atoms in total. The summed E-state index contributed by atoms with van der Waals surface area (Å²) >= 11 is 0. The van der Waals surface area contributed by atoms with Gasteiger partial charge >= 0.3 is 6.18 Å². The van der Waals surface area contributed by atoms with Crippen LogP contribution in [0, 0.1) is 0 Å². The summed E-state index contributed by atoms with van der Waals surface area (Å²) in [6.45, 7) is 1.07. The van der Waals surface area contributed by atoms with Gasteiger partial charge in [-0.3, -0.25) is 0 Å². The van der Waals surface area contributed by atoms with E-state index < -0.39 is 11.7 Å². The predicted octanol–water partition coefficient (Wildman–Crippen LogP) is 2.59. The van der Waals surface area contributed by atoms with Gasteiger partial charge in [0.2, 0.25) is 5.90 Å². The number of nitrogens with zero attached hydrogens (tertiary/aromatic N) is 1. The van der Waals surface area contributed by atoms with Crippen LogP contribution >= 0.6 is 0 Å². The lowest BCUT2D eigenvalue weighted by molar-refractivity contribution is -0.137. The van der Waals surface area contributed by atoms with Crippen LogP contribution in [0.2, 0.25) is 0 Å². The Morgan fingerprint density at radius 2 is 1.95 bits per heavy atom. The number of nitrogens with two attached hydrogens (primary N) is 1. The first-order chi connectivity index (χ1) is 9.00. The van der Waals surface area contributed by atoms with Crippen LogP contribution in [0.4, 0.5) is 13.2 Å². The zero-order chi connectivity index (χ0) is 13.9. The van der Waals surface area contributed by atoms with Gasteiger partial charge in [-0.15, -0.1) is 0 Å². The Balaban J connectivity index is 2.07. The van der Waals surface area contributed by atoms with Crippen molar-refractivity contribution in [1.29, 1.82) is 0 Å². The van der Waals surface area contributed by atoms with Gasteiger partial charge in [-0.1, -0.05) is 0 Å². The maximum Gasteiger partial charge on any atom is 0.416 e. The van der Waals surface area contributed by atoms with Crippen molar-refractivity contribution in [3.8, 4) is 0 Å². The second-order valence-corrected chi connectivity index (χ2v) is 4.41. The van der Waals surface area contributed by atoms with Crippen LogP contribution in [0.1, 0.15) is 24.0 Å². The summed E-state index contributed by atoms with van der Waals surface area (Å²) in [5, 5.41) is 0. The van der Waals surface area contributed by atoms with E-state index in [9.17, 15) is 13.2 Å². The molecule has 1 aliphatic rings. The fourth-order valence-electron chi connectivity index (χ4n) is 1.88. The fraction of sp³-hybridized carbons (Fsp3) is 0.462. The Kier molecular flexibility index (Phi) is 4.09. The number of hydrogen-bond donors (Lipinski definition) is 1. The van der Waals surface area contributed by atoms with E-state index in [4.69, 9.17) is 10.5 Å². The van der Waals surface area contributed by atoms with E-state index in [1.807, 2.05) is 0 Å². The van der Waals surface area contributed by atoms with Crippen LogP contribution in [-0.4, -0.2) is 25.1 Å². The molecule has 0 saturated heterocycles. The average Bonchev–Trinajstić information content (AvgIpc) is 2.84. The summed E-state index contributed by atoms with van der Waals surface area (Å²) in [7, 11) is 0. The summed E-state index contributed by atoms with van der Waals surface area (Å²) in [6.07, 6.45) is -2.63. The van der Waals surface area contributed by atoms with Crippen molar-refractivity contribution < 1.29 is 17.9 Å². The Morgan fingerprint density at radius 1 is 1.26 bits per heavy atom. The molecule has 6 heteroatoms. The van der Waals surface area contributed by atoms with Crippen molar-refractivity contribution in [3.05, 3.63) is 35.4 Å². The first-order valence-electron chi connectivity index (χ1n) is 6.09. The first kappa shape index (κ1) is 13.9. The SMILES string of the molecule is NCCCC1COC(c2ccc(C(F)(F)F)cc2)=N1. The van der Waals surface area contributed by atoms with E-state index in [0.717, 1.165) is 25.0 Å². The zero-order valence-corrected chi connectivity index (χ0v) is 10.3. The summed E-state index contributed by atoms with van der Waals surface area (Å²) in [6, 6.07) is 4.89. The number of alkyl halides is 3. The normalized spacial score (nSPS) is 19.2. The molecule has 0 aromatic heterocycles. The van der Waals surface area contributed by atoms with Gasteiger partial charge in [0.25, 0.3) is 0 Å². The standard InChI is InChI=1S/C13H15F3N2O/c14-13(15,16)10-5-3-9(4-6-10)12-18-11(8-19-12)2-1-7-17/h3-6,11H,1-2,7-8,17H2. The first-order valence-corrected chi connectivity index (χ1v) is 6.09. The number of aliphatic imine (C=N–C) groups is 1. The number of hydrogen-bond acceptors (Lipinski definition) is 3. The quantitative estimate of drug-likeness (QED) is 0.915. The largest absolute Gasteiger partial charge is 0.475 e. The molecule has 19 heavy (non-hydrogen) atoms. The third kappa shape index (κ3) is 3.47. The third-order valence-corrected chi connectivity index (χ3v) is 2.91. The van der Waals surface area contributed by atoms with E-state index in [1.54, 1.807) is 0 Å². The lowest BCUT2D eigenvalue weighted by Crippen LogP contribution is -2.09. The molecule has 0 radical (unpaired) electrons. The molecule has 0 bridgehead atoms. The smallest absolute Gasteiger partial charge is 0.416 e. The maximum absolute atomic E-state index is 12.4. The molecule has 1 atom stereocenters. The highest BCUT2D eigenvalue weighted by Gasteiger charge is 2.30. The summed E-state index contributed by atoms with van der Waals surface area (Å²) in [5.74, 6) is 0.413. The molecule has 0 saturated carbocycles. The fourth-order valence-corrected chi connectivity index (χ4v) is 1.88. The highest BCUT2D eigenvalue weighted by Crippen LogP contribution is 2.29. The Hall–Kier alpha value is -1.56. The Bertz CT molecular complexity index is 454. The van der Waals surface area contributed by atoms with Crippen molar-refractivity contribution in [3.63, 3.8) is 0 Å². The average molecular weight is 272 g/mol. The van der Waals surface area contributed by atoms with Crippen molar-refractivity contribution in [2.75, 3.05) is 13.2 Å². The van der Waals surface area contributed by atoms with Gasteiger partial charge in [0.05, 0.1) is 11.6 Å². The van der Waals surface area contributed by atoms with Crippen LogP contribution in [0.3, 0.4) is 0 Å². The van der Waals surface area contributed by atoms with Gasteiger partial charge < -0.3 is 10.5 Å². The molecule has 1 aromatic carbocycles. The monoisotopic (exact) mass is 272 g/mol. The van der Waals surface area contributed by atoms with Crippen molar-refractivity contribution in [2.24, 2.45) is 10.7 Å². The molecule has 2 rings (SSSR count). The van der Waals surface area contributed by atoms with Gasteiger partial charge in [-0.25, -0.2) is 4.99 Å². The van der Waals surface area contributed by atoms with E-state index >= 15 is 0 Å². The van der Waals surface area contributed by atoms with Crippen molar-refractivity contribution in [2.45, 2.75) is 25.1 Å². The molecule has 1 aromatic rings. The highest BCUT2D eigenvalue weighted by atomic mass is 19.4. The van der Waals surface area contributed by atoms with Crippen LogP contribution in [-0.2, 0) is 10.9 Å². The number of rotatable bonds is 4. The van der Waals surface area contributed by atoms with Crippen LogP contribution < -0.4 is 5.73 Å². The van der Waals surface area contributed by atoms with E-state index in [2.05, 4.69) is 4.99 Å². The second-order valence-electron chi connectivity index (χ2n) is 4.41. The van der Waals surface area contributed by atoms with E-state index in [0.29, 0.717) is 24.6 Å². The Morgan fingerprint density at radius 3 is 2.53 bits per heavy atom.